The maximum absolute atomic E-state index is 5.51. The molecule has 2 fully saturated rings. The van der Waals surface area contributed by atoms with Crippen LogP contribution < -0.4 is 5.32 Å². The highest BCUT2D eigenvalue weighted by atomic mass is 16.5. The maximum Gasteiger partial charge on any atom is 0.228 e. The van der Waals surface area contributed by atoms with Crippen LogP contribution in [-0.2, 0) is 11.2 Å². The fraction of sp³-hybridized carbons (Fsp3) is 0.875. The largest absolute Gasteiger partial charge is 0.381 e. The molecule has 21 heavy (non-hydrogen) atoms. The quantitative estimate of drug-likeness (QED) is 0.874. The van der Waals surface area contributed by atoms with Crippen LogP contribution in [0.3, 0.4) is 0 Å². The Labute approximate surface area is 126 Å². The molecule has 118 valence electrons. The summed E-state index contributed by atoms with van der Waals surface area (Å²) in [7, 11) is 0. The third kappa shape index (κ3) is 3.83. The third-order valence-electron chi connectivity index (χ3n) is 4.90. The summed E-state index contributed by atoms with van der Waals surface area (Å²) in [6, 6.07) is 0.487. The molecule has 1 saturated heterocycles. The van der Waals surface area contributed by atoms with Crippen molar-refractivity contribution in [1.82, 2.24) is 15.5 Å². The molecule has 0 amide bonds. The number of nitrogens with zero attached hydrogens (tertiary/aromatic N) is 2. The first-order valence-corrected chi connectivity index (χ1v) is 8.50. The zero-order valence-electron chi connectivity index (χ0n) is 13.0. The zero-order valence-corrected chi connectivity index (χ0v) is 13.0. The van der Waals surface area contributed by atoms with Gasteiger partial charge in [-0.25, -0.2) is 0 Å². The van der Waals surface area contributed by atoms with Crippen LogP contribution in [0.15, 0.2) is 4.52 Å². The Morgan fingerprint density at radius 3 is 2.67 bits per heavy atom. The van der Waals surface area contributed by atoms with E-state index in [1.54, 1.807) is 0 Å². The van der Waals surface area contributed by atoms with Crippen LogP contribution in [0, 0.1) is 5.92 Å². The van der Waals surface area contributed by atoms with E-state index in [-0.39, 0.29) is 0 Å². The SMILES string of the molecule is CCNC(Cc1nc(C2CCOCC2)no1)C1CCCC1. The number of aromatic nitrogens is 2. The minimum atomic E-state index is 0.417. The predicted molar refractivity (Wildman–Crippen MR) is 80.2 cm³/mol. The number of rotatable bonds is 6. The molecule has 1 atom stereocenters. The molecule has 3 rings (SSSR count). The normalized spacial score (nSPS) is 22.7. The molecule has 0 bridgehead atoms. The topological polar surface area (TPSA) is 60.2 Å². The molecule has 5 nitrogen and oxygen atoms in total. The monoisotopic (exact) mass is 293 g/mol. The lowest BCUT2D eigenvalue weighted by atomic mass is 9.95. The lowest BCUT2D eigenvalue weighted by molar-refractivity contribution is 0.0830. The van der Waals surface area contributed by atoms with E-state index in [4.69, 9.17) is 9.26 Å². The Kier molecular flexibility index (Phi) is 5.25. The summed E-state index contributed by atoms with van der Waals surface area (Å²) in [5.74, 6) is 2.87. The van der Waals surface area contributed by atoms with Crippen molar-refractivity contribution in [2.75, 3.05) is 19.8 Å². The van der Waals surface area contributed by atoms with Gasteiger partial charge in [-0.05, 0) is 38.1 Å². The van der Waals surface area contributed by atoms with Gasteiger partial charge in [0.25, 0.3) is 0 Å². The van der Waals surface area contributed by atoms with Gasteiger partial charge in [0.1, 0.15) is 0 Å². The summed E-state index contributed by atoms with van der Waals surface area (Å²) in [4.78, 5) is 4.65. The fourth-order valence-electron chi connectivity index (χ4n) is 3.69. The van der Waals surface area contributed by atoms with Crippen molar-refractivity contribution in [3.8, 4) is 0 Å². The van der Waals surface area contributed by atoms with Crippen LogP contribution in [-0.4, -0.2) is 35.9 Å². The summed E-state index contributed by atoms with van der Waals surface area (Å²) in [5.41, 5.74) is 0. The molecular weight excluding hydrogens is 266 g/mol. The van der Waals surface area contributed by atoms with Crippen molar-refractivity contribution in [3.05, 3.63) is 11.7 Å². The van der Waals surface area contributed by atoms with Crippen LogP contribution in [0.2, 0.25) is 0 Å². The summed E-state index contributed by atoms with van der Waals surface area (Å²) in [6.45, 7) is 4.80. The maximum atomic E-state index is 5.51. The minimum absolute atomic E-state index is 0.417. The second kappa shape index (κ2) is 7.36. The summed E-state index contributed by atoms with van der Waals surface area (Å²) in [6.07, 6.45) is 8.29. The van der Waals surface area contributed by atoms with Crippen molar-refractivity contribution >= 4 is 0 Å². The second-order valence-corrected chi connectivity index (χ2v) is 6.35. The molecule has 1 aromatic heterocycles. The van der Waals surface area contributed by atoms with E-state index in [0.717, 1.165) is 56.7 Å². The molecular formula is C16H27N3O2. The molecule has 1 unspecified atom stereocenters. The highest BCUT2D eigenvalue weighted by molar-refractivity contribution is 4.98. The molecule has 1 saturated carbocycles. The van der Waals surface area contributed by atoms with Gasteiger partial charge in [-0.1, -0.05) is 24.9 Å². The van der Waals surface area contributed by atoms with Crippen LogP contribution in [0.25, 0.3) is 0 Å². The average Bonchev–Trinajstić information content (AvgIpc) is 3.19. The minimum Gasteiger partial charge on any atom is -0.381 e. The van der Waals surface area contributed by atoms with E-state index in [2.05, 4.69) is 22.4 Å². The van der Waals surface area contributed by atoms with Gasteiger partial charge in [-0.15, -0.1) is 0 Å². The molecule has 1 aromatic rings. The van der Waals surface area contributed by atoms with Crippen LogP contribution in [0.4, 0.5) is 0 Å². The third-order valence-corrected chi connectivity index (χ3v) is 4.90. The fourth-order valence-corrected chi connectivity index (χ4v) is 3.69. The summed E-state index contributed by atoms with van der Waals surface area (Å²) >= 11 is 0. The first kappa shape index (κ1) is 15.0. The summed E-state index contributed by atoms with van der Waals surface area (Å²) in [5, 5.41) is 7.82. The van der Waals surface area contributed by atoms with E-state index in [9.17, 15) is 0 Å². The summed E-state index contributed by atoms with van der Waals surface area (Å²) < 4.78 is 10.9. The average molecular weight is 293 g/mol. The van der Waals surface area contributed by atoms with Crippen molar-refractivity contribution in [2.45, 2.75) is 63.8 Å². The van der Waals surface area contributed by atoms with Gasteiger partial charge in [0.05, 0.1) is 0 Å². The number of nitrogens with one attached hydrogen (secondary N) is 1. The van der Waals surface area contributed by atoms with E-state index < -0.39 is 0 Å². The van der Waals surface area contributed by atoms with Gasteiger partial charge in [0.15, 0.2) is 5.82 Å². The Bertz CT molecular complexity index is 423. The Hall–Kier alpha value is -0.940. The number of likely N-dealkylation sites (N-methyl/N-ethyl adjacent to an activating group) is 1. The van der Waals surface area contributed by atoms with Gasteiger partial charge in [-0.3, -0.25) is 0 Å². The Morgan fingerprint density at radius 2 is 1.95 bits per heavy atom. The van der Waals surface area contributed by atoms with E-state index >= 15 is 0 Å². The van der Waals surface area contributed by atoms with Crippen molar-refractivity contribution in [3.63, 3.8) is 0 Å². The molecule has 2 heterocycles. The molecule has 0 radical (unpaired) electrons. The van der Waals surface area contributed by atoms with Gasteiger partial charge in [0.2, 0.25) is 5.89 Å². The zero-order chi connectivity index (χ0) is 14.5. The van der Waals surface area contributed by atoms with Gasteiger partial charge in [0, 0.05) is 31.6 Å². The highest BCUT2D eigenvalue weighted by Gasteiger charge is 2.27. The highest BCUT2D eigenvalue weighted by Crippen LogP contribution is 2.30. The lowest BCUT2D eigenvalue weighted by Crippen LogP contribution is -2.37. The standard InChI is InChI=1S/C16H27N3O2/c1-2-17-14(12-5-3-4-6-12)11-15-18-16(19-21-15)13-7-9-20-10-8-13/h12-14,17H,2-11H2,1H3. The first-order valence-electron chi connectivity index (χ1n) is 8.50. The predicted octanol–water partition coefficient (Wildman–Crippen LogP) is 2.67. The lowest BCUT2D eigenvalue weighted by Gasteiger charge is -2.22. The van der Waals surface area contributed by atoms with Crippen LogP contribution in [0.5, 0.6) is 0 Å². The molecule has 1 aliphatic carbocycles. The molecule has 0 aromatic carbocycles. The first-order chi connectivity index (χ1) is 10.4. The van der Waals surface area contributed by atoms with E-state index in [1.807, 2.05) is 0 Å². The molecule has 0 spiro atoms. The van der Waals surface area contributed by atoms with E-state index in [1.165, 1.54) is 25.7 Å². The smallest absolute Gasteiger partial charge is 0.228 e. The van der Waals surface area contributed by atoms with Crippen molar-refractivity contribution in [2.24, 2.45) is 5.92 Å². The van der Waals surface area contributed by atoms with E-state index in [0.29, 0.717) is 12.0 Å². The van der Waals surface area contributed by atoms with Gasteiger partial charge in [-0.2, -0.15) is 4.98 Å². The second-order valence-electron chi connectivity index (χ2n) is 6.35. The van der Waals surface area contributed by atoms with Crippen LogP contribution in [0.1, 0.15) is 63.1 Å². The number of ether oxygens (including phenoxy) is 1. The Balaban J connectivity index is 1.61. The van der Waals surface area contributed by atoms with Gasteiger partial charge < -0.3 is 14.6 Å². The molecule has 1 N–H and O–H groups in total. The van der Waals surface area contributed by atoms with Crippen LogP contribution >= 0.6 is 0 Å². The van der Waals surface area contributed by atoms with Crippen molar-refractivity contribution < 1.29 is 9.26 Å². The number of hydrogen-bond acceptors (Lipinski definition) is 5. The van der Waals surface area contributed by atoms with Crippen molar-refractivity contribution in [1.29, 1.82) is 0 Å². The molecule has 1 aliphatic heterocycles. The molecule has 2 aliphatic rings. The number of hydrogen-bond donors (Lipinski definition) is 1. The van der Waals surface area contributed by atoms with Gasteiger partial charge >= 0.3 is 0 Å². The molecule has 5 heteroatoms. The Morgan fingerprint density at radius 1 is 1.19 bits per heavy atom.